The van der Waals surface area contributed by atoms with Crippen LogP contribution in [0.15, 0.2) is 60.7 Å². The Bertz CT molecular complexity index is 506. The average Bonchev–Trinajstić information content (AvgIpc) is 2.55. The summed E-state index contributed by atoms with van der Waals surface area (Å²) in [6.07, 6.45) is 9.99. The smallest absolute Gasteiger partial charge is 0.00886 e. The maximum Gasteiger partial charge on any atom is 0.00886 e. The van der Waals surface area contributed by atoms with Crippen LogP contribution in [0.3, 0.4) is 0 Å². The van der Waals surface area contributed by atoms with Gasteiger partial charge in [-0.2, -0.15) is 0 Å². The van der Waals surface area contributed by atoms with E-state index in [4.69, 9.17) is 0 Å². The van der Waals surface area contributed by atoms with Gasteiger partial charge >= 0.3 is 0 Å². The fourth-order valence-corrected chi connectivity index (χ4v) is 2.54. The van der Waals surface area contributed by atoms with Crippen molar-refractivity contribution < 1.29 is 0 Å². The molecule has 0 nitrogen and oxygen atoms in total. The van der Waals surface area contributed by atoms with Crippen LogP contribution in [-0.4, -0.2) is 0 Å². The van der Waals surface area contributed by atoms with Crippen LogP contribution in [0.2, 0.25) is 0 Å². The fraction of sp³-hybridized carbons (Fsp3) is 0.364. The summed E-state index contributed by atoms with van der Waals surface area (Å²) in [6.45, 7) is 0. The highest BCUT2D eigenvalue weighted by Gasteiger charge is 1.93. The molecular weight excluding hydrogens is 264 g/mol. The molecule has 1 aliphatic rings. The van der Waals surface area contributed by atoms with Crippen LogP contribution in [0.25, 0.3) is 0 Å². The Hall–Kier alpha value is -2.00. The van der Waals surface area contributed by atoms with E-state index >= 15 is 0 Å². The third-order valence-electron chi connectivity index (χ3n) is 3.87. The molecule has 0 spiro atoms. The van der Waals surface area contributed by atoms with Crippen molar-refractivity contribution in [3.05, 3.63) is 71.8 Å². The van der Waals surface area contributed by atoms with E-state index in [1.807, 2.05) is 0 Å². The second-order valence-corrected chi connectivity index (χ2v) is 5.74. The molecule has 0 unspecified atom stereocenters. The van der Waals surface area contributed by atoms with Crippen LogP contribution in [0.4, 0.5) is 0 Å². The Morgan fingerprint density at radius 2 is 0.955 bits per heavy atom. The predicted octanol–water partition coefficient (Wildman–Crippen LogP) is 5.82. The Morgan fingerprint density at radius 1 is 0.545 bits per heavy atom. The lowest BCUT2D eigenvalue weighted by Crippen LogP contribution is -1.89. The predicted molar refractivity (Wildman–Crippen MR) is 95.8 cm³/mol. The highest BCUT2D eigenvalue weighted by Crippen LogP contribution is 2.07. The summed E-state index contributed by atoms with van der Waals surface area (Å²) in [5.41, 5.74) is 2.83. The van der Waals surface area contributed by atoms with Crippen molar-refractivity contribution in [2.24, 2.45) is 0 Å². The van der Waals surface area contributed by atoms with E-state index in [1.54, 1.807) is 0 Å². The van der Waals surface area contributed by atoms with E-state index in [0.717, 1.165) is 25.7 Å². The first-order valence-electron chi connectivity index (χ1n) is 8.49. The highest BCUT2D eigenvalue weighted by molar-refractivity contribution is 5.19. The van der Waals surface area contributed by atoms with Gasteiger partial charge in [0.1, 0.15) is 0 Å². The third kappa shape index (κ3) is 7.14. The molecule has 3 rings (SSSR count). The molecule has 0 atom stereocenters. The van der Waals surface area contributed by atoms with Crippen LogP contribution < -0.4 is 0 Å². The molecule has 1 aliphatic carbocycles. The van der Waals surface area contributed by atoms with E-state index in [2.05, 4.69) is 72.5 Å². The lowest BCUT2D eigenvalue weighted by molar-refractivity contribution is 0.652. The van der Waals surface area contributed by atoms with Crippen molar-refractivity contribution >= 4 is 0 Å². The van der Waals surface area contributed by atoms with Gasteiger partial charge in [-0.25, -0.2) is 0 Å². The van der Waals surface area contributed by atoms with Crippen LogP contribution in [-0.2, 0) is 12.8 Å². The molecular formula is C22H26. The minimum Gasteiger partial charge on any atom is -0.103 e. The van der Waals surface area contributed by atoms with Crippen molar-refractivity contribution in [1.82, 2.24) is 0 Å². The van der Waals surface area contributed by atoms with Crippen molar-refractivity contribution in [3.8, 4) is 11.8 Å². The van der Waals surface area contributed by atoms with Crippen molar-refractivity contribution in [2.45, 2.75) is 51.4 Å². The first-order chi connectivity index (χ1) is 10.9. The molecule has 0 aliphatic heterocycles. The van der Waals surface area contributed by atoms with Crippen molar-refractivity contribution in [1.29, 1.82) is 0 Å². The molecule has 0 fully saturated rings. The summed E-state index contributed by atoms with van der Waals surface area (Å²) < 4.78 is 0. The quantitative estimate of drug-likeness (QED) is 0.625. The molecule has 0 amide bonds. The average molecular weight is 290 g/mol. The third-order valence-corrected chi connectivity index (χ3v) is 3.87. The SMILES string of the molecule is C1#CCCCCCC1.c1ccc(CCc2ccccc2)cc1. The summed E-state index contributed by atoms with van der Waals surface area (Å²) >= 11 is 0. The van der Waals surface area contributed by atoms with E-state index < -0.39 is 0 Å². The van der Waals surface area contributed by atoms with E-state index in [0.29, 0.717) is 0 Å². The Labute approximate surface area is 135 Å². The van der Waals surface area contributed by atoms with Gasteiger partial charge in [0.15, 0.2) is 0 Å². The summed E-state index contributed by atoms with van der Waals surface area (Å²) in [6, 6.07) is 21.2. The Balaban J connectivity index is 0.000000188. The van der Waals surface area contributed by atoms with Crippen LogP contribution >= 0.6 is 0 Å². The van der Waals surface area contributed by atoms with Crippen LogP contribution in [0.5, 0.6) is 0 Å². The van der Waals surface area contributed by atoms with E-state index in [-0.39, 0.29) is 0 Å². The standard InChI is InChI=1S/C14H14.C8H12/c1-3-7-13(8-4-1)11-12-14-9-5-2-6-10-14;1-2-4-6-8-7-5-3-1/h1-10H,11-12H2;1-6H2. The van der Waals surface area contributed by atoms with Gasteiger partial charge in [0, 0.05) is 12.8 Å². The second kappa shape index (κ2) is 10.7. The maximum absolute atomic E-state index is 3.14. The summed E-state index contributed by atoms with van der Waals surface area (Å²) in [7, 11) is 0. The first-order valence-corrected chi connectivity index (χ1v) is 8.49. The molecule has 0 radical (unpaired) electrons. The normalized spacial score (nSPS) is 13.6. The molecule has 2 aromatic carbocycles. The van der Waals surface area contributed by atoms with Gasteiger partial charge in [-0.1, -0.05) is 73.5 Å². The molecule has 0 aromatic heterocycles. The van der Waals surface area contributed by atoms with Gasteiger partial charge in [-0.15, -0.1) is 11.8 Å². The molecule has 0 bridgehead atoms. The molecule has 0 heterocycles. The minimum atomic E-state index is 1.13. The zero-order valence-corrected chi connectivity index (χ0v) is 13.4. The molecule has 2 aromatic rings. The Morgan fingerprint density at radius 3 is 1.36 bits per heavy atom. The van der Waals surface area contributed by atoms with Crippen molar-refractivity contribution in [3.63, 3.8) is 0 Å². The number of hydrogen-bond donors (Lipinski definition) is 0. The minimum absolute atomic E-state index is 1.13. The lowest BCUT2D eigenvalue weighted by Gasteiger charge is -2.01. The molecule has 0 saturated heterocycles. The molecule has 0 heteroatoms. The molecule has 0 saturated carbocycles. The largest absolute Gasteiger partial charge is 0.103 e. The zero-order chi connectivity index (χ0) is 15.3. The van der Waals surface area contributed by atoms with Gasteiger partial charge in [0.05, 0.1) is 0 Å². The number of rotatable bonds is 3. The number of hydrogen-bond acceptors (Lipinski definition) is 0. The fourth-order valence-electron chi connectivity index (χ4n) is 2.54. The number of benzene rings is 2. The van der Waals surface area contributed by atoms with Crippen molar-refractivity contribution in [2.75, 3.05) is 0 Å². The first kappa shape index (κ1) is 16.4. The van der Waals surface area contributed by atoms with Gasteiger partial charge < -0.3 is 0 Å². The van der Waals surface area contributed by atoms with E-state index in [9.17, 15) is 0 Å². The zero-order valence-electron chi connectivity index (χ0n) is 13.4. The summed E-state index contributed by atoms with van der Waals surface area (Å²) in [4.78, 5) is 0. The lowest BCUT2D eigenvalue weighted by atomic mass is 10.0. The van der Waals surface area contributed by atoms with Gasteiger partial charge in [0.2, 0.25) is 0 Å². The number of aryl methyl sites for hydroxylation is 2. The van der Waals surface area contributed by atoms with Crippen LogP contribution in [0, 0.1) is 11.8 Å². The van der Waals surface area contributed by atoms with Gasteiger partial charge in [-0.05, 0) is 36.8 Å². The topological polar surface area (TPSA) is 0 Å². The van der Waals surface area contributed by atoms with E-state index in [1.165, 1.54) is 36.8 Å². The monoisotopic (exact) mass is 290 g/mol. The second-order valence-electron chi connectivity index (χ2n) is 5.74. The molecule has 114 valence electrons. The van der Waals surface area contributed by atoms with Gasteiger partial charge in [-0.3, -0.25) is 0 Å². The Kier molecular flexibility index (Phi) is 7.95. The van der Waals surface area contributed by atoms with Crippen LogP contribution in [0.1, 0.15) is 49.7 Å². The maximum atomic E-state index is 3.14. The highest BCUT2D eigenvalue weighted by atomic mass is 14.0. The molecule has 22 heavy (non-hydrogen) atoms. The van der Waals surface area contributed by atoms with Gasteiger partial charge in [0.25, 0.3) is 0 Å². The summed E-state index contributed by atoms with van der Waals surface area (Å²) in [5, 5.41) is 0. The summed E-state index contributed by atoms with van der Waals surface area (Å²) in [5.74, 6) is 6.27. The molecule has 0 N–H and O–H groups in total.